The number of amides is 2. The summed E-state index contributed by atoms with van der Waals surface area (Å²) in [5.74, 6) is 0.554. The third-order valence-corrected chi connectivity index (χ3v) is 5.09. The van der Waals surface area contributed by atoms with E-state index in [9.17, 15) is 4.79 Å². The molecule has 1 saturated carbocycles. The quantitative estimate of drug-likeness (QED) is 0.699. The van der Waals surface area contributed by atoms with Gasteiger partial charge in [-0.25, -0.2) is 4.79 Å². The van der Waals surface area contributed by atoms with Crippen molar-refractivity contribution in [3.05, 3.63) is 0 Å². The second-order valence-electron chi connectivity index (χ2n) is 6.80. The Balaban J connectivity index is 1.73. The van der Waals surface area contributed by atoms with E-state index in [0.717, 1.165) is 12.6 Å². The molecule has 5 nitrogen and oxygen atoms in total. The van der Waals surface area contributed by atoms with Gasteiger partial charge in [0, 0.05) is 31.3 Å². The minimum Gasteiger partial charge on any atom is -0.396 e. The summed E-state index contributed by atoms with van der Waals surface area (Å²) in [5.41, 5.74) is 0. The first-order valence-corrected chi connectivity index (χ1v) is 8.52. The van der Waals surface area contributed by atoms with Crippen LogP contribution in [0.4, 0.5) is 4.79 Å². The fourth-order valence-corrected chi connectivity index (χ4v) is 3.39. The molecular formula is C16H31N3O2. The van der Waals surface area contributed by atoms with E-state index in [-0.39, 0.29) is 24.7 Å². The Kier molecular flexibility index (Phi) is 6.30. The lowest BCUT2D eigenvalue weighted by Gasteiger charge is -2.43. The van der Waals surface area contributed by atoms with Crippen molar-refractivity contribution in [2.75, 3.05) is 19.7 Å². The molecule has 1 aliphatic heterocycles. The molecule has 5 heteroatoms. The van der Waals surface area contributed by atoms with Gasteiger partial charge in [-0.3, -0.25) is 0 Å². The number of carbonyl (C=O) groups is 1. The van der Waals surface area contributed by atoms with Gasteiger partial charge in [-0.05, 0) is 58.4 Å². The molecule has 3 unspecified atom stereocenters. The monoisotopic (exact) mass is 297 g/mol. The van der Waals surface area contributed by atoms with Crippen LogP contribution >= 0.6 is 0 Å². The van der Waals surface area contributed by atoms with E-state index in [2.05, 4.69) is 22.5 Å². The summed E-state index contributed by atoms with van der Waals surface area (Å²) < 4.78 is 0. The largest absolute Gasteiger partial charge is 0.396 e. The van der Waals surface area contributed by atoms with Gasteiger partial charge in [0.15, 0.2) is 0 Å². The molecule has 0 spiro atoms. The molecule has 0 radical (unpaired) electrons. The van der Waals surface area contributed by atoms with Crippen molar-refractivity contribution in [3.63, 3.8) is 0 Å². The van der Waals surface area contributed by atoms with Gasteiger partial charge >= 0.3 is 6.03 Å². The minimum absolute atomic E-state index is 0.0139. The number of rotatable bonds is 6. The molecule has 21 heavy (non-hydrogen) atoms. The molecule has 122 valence electrons. The normalized spacial score (nSPS) is 26.7. The van der Waals surface area contributed by atoms with Crippen molar-refractivity contribution in [2.45, 2.75) is 70.5 Å². The number of aliphatic hydroxyl groups is 1. The van der Waals surface area contributed by atoms with E-state index in [4.69, 9.17) is 5.11 Å². The number of carbonyl (C=O) groups excluding carboxylic acids is 1. The SMILES string of the molecule is CC(CCO)NC(=O)NC(C)C1CCCN(C2CCC2)C1. The lowest BCUT2D eigenvalue weighted by Crippen LogP contribution is -2.52. The van der Waals surface area contributed by atoms with Crippen LogP contribution in [-0.4, -0.2) is 53.9 Å². The van der Waals surface area contributed by atoms with Crippen LogP contribution in [0.25, 0.3) is 0 Å². The maximum absolute atomic E-state index is 11.9. The zero-order valence-electron chi connectivity index (χ0n) is 13.5. The number of urea groups is 1. The van der Waals surface area contributed by atoms with Crippen LogP contribution in [0.1, 0.15) is 52.4 Å². The maximum atomic E-state index is 11.9. The summed E-state index contributed by atoms with van der Waals surface area (Å²) in [4.78, 5) is 14.6. The summed E-state index contributed by atoms with van der Waals surface area (Å²) in [6.07, 6.45) is 7.14. The van der Waals surface area contributed by atoms with E-state index in [1.165, 1.54) is 38.6 Å². The van der Waals surface area contributed by atoms with Gasteiger partial charge in [0.2, 0.25) is 0 Å². The summed E-state index contributed by atoms with van der Waals surface area (Å²) in [6.45, 7) is 6.49. The van der Waals surface area contributed by atoms with Crippen LogP contribution in [0.5, 0.6) is 0 Å². The smallest absolute Gasteiger partial charge is 0.315 e. The van der Waals surface area contributed by atoms with Crippen molar-refractivity contribution in [2.24, 2.45) is 5.92 Å². The summed E-state index contributed by atoms with van der Waals surface area (Å²) >= 11 is 0. The molecule has 1 aliphatic carbocycles. The van der Waals surface area contributed by atoms with Crippen molar-refractivity contribution in [1.82, 2.24) is 15.5 Å². The predicted octanol–water partition coefficient (Wildman–Crippen LogP) is 1.71. The zero-order chi connectivity index (χ0) is 15.2. The number of piperidine rings is 1. The van der Waals surface area contributed by atoms with Crippen molar-refractivity contribution in [3.8, 4) is 0 Å². The van der Waals surface area contributed by atoms with E-state index < -0.39 is 0 Å². The summed E-state index contributed by atoms with van der Waals surface area (Å²) in [6, 6.07) is 0.914. The molecule has 2 fully saturated rings. The van der Waals surface area contributed by atoms with Gasteiger partial charge in [0.25, 0.3) is 0 Å². The van der Waals surface area contributed by atoms with Gasteiger partial charge in [-0.2, -0.15) is 0 Å². The van der Waals surface area contributed by atoms with Crippen LogP contribution in [0, 0.1) is 5.92 Å². The second-order valence-corrected chi connectivity index (χ2v) is 6.80. The summed E-state index contributed by atoms with van der Waals surface area (Å²) in [7, 11) is 0. The third-order valence-electron chi connectivity index (χ3n) is 5.09. The Hall–Kier alpha value is -0.810. The number of hydrogen-bond donors (Lipinski definition) is 3. The first kappa shape index (κ1) is 16.6. The predicted molar refractivity (Wildman–Crippen MR) is 84.2 cm³/mol. The Bertz CT molecular complexity index is 333. The van der Waals surface area contributed by atoms with Crippen LogP contribution in [0.3, 0.4) is 0 Å². The molecule has 0 aromatic rings. The Morgan fingerprint density at radius 3 is 2.62 bits per heavy atom. The standard InChI is InChI=1S/C16H31N3O2/c1-12(8-10-20)17-16(21)18-13(2)14-5-4-9-19(11-14)15-6-3-7-15/h12-15,20H,3-11H2,1-2H3,(H2,17,18,21). The minimum atomic E-state index is -0.107. The second kappa shape index (κ2) is 7.99. The van der Waals surface area contributed by atoms with E-state index in [1.807, 2.05) is 6.92 Å². The molecule has 3 atom stereocenters. The van der Waals surface area contributed by atoms with E-state index >= 15 is 0 Å². The molecule has 2 amide bonds. The fraction of sp³-hybridized carbons (Fsp3) is 0.938. The van der Waals surface area contributed by atoms with E-state index in [0.29, 0.717) is 12.3 Å². The van der Waals surface area contributed by atoms with Crippen LogP contribution < -0.4 is 10.6 Å². The topological polar surface area (TPSA) is 64.6 Å². The Morgan fingerprint density at radius 2 is 2.00 bits per heavy atom. The highest BCUT2D eigenvalue weighted by Gasteiger charge is 2.31. The average molecular weight is 297 g/mol. The molecule has 2 aliphatic rings. The van der Waals surface area contributed by atoms with Gasteiger partial charge in [0.05, 0.1) is 0 Å². The first-order valence-electron chi connectivity index (χ1n) is 8.52. The Morgan fingerprint density at radius 1 is 1.24 bits per heavy atom. The van der Waals surface area contributed by atoms with Gasteiger partial charge in [-0.1, -0.05) is 6.42 Å². The molecule has 1 saturated heterocycles. The molecule has 1 heterocycles. The highest BCUT2D eigenvalue weighted by molar-refractivity contribution is 5.74. The highest BCUT2D eigenvalue weighted by atomic mass is 16.3. The van der Waals surface area contributed by atoms with Crippen molar-refractivity contribution in [1.29, 1.82) is 0 Å². The van der Waals surface area contributed by atoms with Crippen LogP contribution in [0.15, 0.2) is 0 Å². The number of likely N-dealkylation sites (tertiary alicyclic amines) is 1. The lowest BCUT2D eigenvalue weighted by atomic mass is 9.86. The van der Waals surface area contributed by atoms with E-state index in [1.54, 1.807) is 0 Å². The highest BCUT2D eigenvalue weighted by Crippen LogP contribution is 2.30. The number of nitrogens with zero attached hydrogens (tertiary/aromatic N) is 1. The fourth-order valence-electron chi connectivity index (χ4n) is 3.39. The van der Waals surface area contributed by atoms with Crippen molar-refractivity contribution >= 4 is 6.03 Å². The molecule has 0 aromatic heterocycles. The van der Waals surface area contributed by atoms with Gasteiger partial charge in [0.1, 0.15) is 0 Å². The van der Waals surface area contributed by atoms with Gasteiger partial charge in [-0.15, -0.1) is 0 Å². The summed E-state index contributed by atoms with van der Waals surface area (Å²) in [5, 5.41) is 14.8. The number of hydrogen-bond acceptors (Lipinski definition) is 3. The maximum Gasteiger partial charge on any atom is 0.315 e. The molecule has 0 aromatic carbocycles. The van der Waals surface area contributed by atoms with Crippen LogP contribution in [-0.2, 0) is 0 Å². The first-order chi connectivity index (χ1) is 10.1. The number of nitrogens with one attached hydrogen (secondary N) is 2. The Labute approximate surface area is 128 Å². The number of aliphatic hydroxyl groups excluding tert-OH is 1. The average Bonchev–Trinajstić information content (AvgIpc) is 2.37. The lowest BCUT2D eigenvalue weighted by molar-refractivity contribution is 0.0678. The zero-order valence-corrected chi connectivity index (χ0v) is 13.5. The molecular weight excluding hydrogens is 266 g/mol. The molecule has 3 N–H and O–H groups in total. The van der Waals surface area contributed by atoms with Gasteiger partial charge < -0.3 is 20.6 Å². The third kappa shape index (κ3) is 4.85. The van der Waals surface area contributed by atoms with Crippen molar-refractivity contribution < 1.29 is 9.90 Å². The molecule has 0 bridgehead atoms. The molecule has 2 rings (SSSR count). The van der Waals surface area contributed by atoms with Crippen LogP contribution in [0.2, 0.25) is 0 Å².